The van der Waals surface area contributed by atoms with Gasteiger partial charge in [0.2, 0.25) is 0 Å². The third-order valence-corrected chi connectivity index (χ3v) is 7.32. The van der Waals surface area contributed by atoms with Crippen LogP contribution < -0.4 is 0 Å². The van der Waals surface area contributed by atoms with E-state index >= 15 is 0 Å². The van der Waals surface area contributed by atoms with Crippen molar-refractivity contribution in [2.75, 3.05) is 5.75 Å². The van der Waals surface area contributed by atoms with Crippen molar-refractivity contribution in [2.24, 2.45) is 5.41 Å². The van der Waals surface area contributed by atoms with Crippen molar-refractivity contribution in [3.63, 3.8) is 0 Å². The van der Waals surface area contributed by atoms with E-state index in [4.69, 9.17) is 0 Å². The molecule has 2 atom stereocenters. The summed E-state index contributed by atoms with van der Waals surface area (Å²) < 4.78 is 26.9. The second kappa shape index (κ2) is 6.94. The maximum Gasteiger partial charge on any atom is 0.269 e. The summed E-state index contributed by atoms with van der Waals surface area (Å²) in [5.41, 5.74) is -2.46. The first kappa shape index (κ1) is 21.4. The van der Waals surface area contributed by atoms with Crippen LogP contribution >= 0.6 is 0 Å². The van der Waals surface area contributed by atoms with Gasteiger partial charge in [-0.1, -0.05) is 20.8 Å². The molecule has 0 fully saturated rings. The minimum absolute atomic E-state index is 0.0150. The summed E-state index contributed by atoms with van der Waals surface area (Å²) >= 11 is 0. The molecule has 25 heavy (non-hydrogen) atoms. The van der Waals surface area contributed by atoms with Gasteiger partial charge in [-0.05, 0) is 33.8 Å². The first-order valence-corrected chi connectivity index (χ1v) is 9.30. The van der Waals surface area contributed by atoms with Crippen LogP contribution in [0.1, 0.15) is 54.0 Å². The van der Waals surface area contributed by atoms with Gasteiger partial charge in [0.15, 0.2) is 0 Å². The fraction of sp³-hybridized carbons (Fsp3) is 0.611. The van der Waals surface area contributed by atoms with Gasteiger partial charge in [-0.25, -0.2) is 4.39 Å². The van der Waals surface area contributed by atoms with Gasteiger partial charge in [0.05, 0.1) is 4.92 Å². The number of nitro groups is 1. The Hall–Kier alpha value is -1.63. The number of carbonyl (C=O) groups excluding carboxylic acids is 1. The van der Waals surface area contributed by atoms with Crippen molar-refractivity contribution >= 4 is 22.3 Å². The average Bonchev–Trinajstić information content (AvgIpc) is 2.45. The summed E-state index contributed by atoms with van der Waals surface area (Å²) in [6.07, 6.45) is 0. The van der Waals surface area contributed by atoms with E-state index in [0.717, 1.165) is 18.2 Å². The standard InChI is InChI=1S/C18H26FNO4S/c1-12(21)17(5,6)18(7,11-25(24)16(2,3)4)14-10-13(20(22)23)8-9-15(14)19/h8-10H,11H2,1-7H3/t18-,25-/m1/s1. The van der Waals surface area contributed by atoms with Crippen molar-refractivity contribution in [1.29, 1.82) is 0 Å². The maximum absolute atomic E-state index is 14.6. The molecule has 1 aromatic rings. The van der Waals surface area contributed by atoms with Crippen LogP contribution in [0.2, 0.25) is 0 Å². The fourth-order valence-electron chi connectivity index (χ4n) is 2.51. The molecule has 0 aromatic heterocycles. The number of hydrogen-bond acceptors (Lipinski definition) is 4. The highest BCUT2D eigenvalue weighted by Gasteiger charge is 2.49. The lowest BCUT2D eigenvalue weighted by Gasteiger charge is -2.44. The monoisotopic (exact) mass is 371 g/mol. The molecule has 0 radical (unpaired) electrons. The molecule has 1 rings (SSSR count). The molecule has 0 amide bonds. The zero-order chi connectivity index (χ0) is 19.8. The Balaban J connectivity index is 3.69. The zero-order valence-electron chi connectivity index (χ0n) is 15.8. The predicted molar refractivity (Wildman–Crippen MR) is 97.6 cm³/mol. The quantitative estimate of drug-likeness (QED) is 0.556. The van der Waals surface area contributed by atoms with Gasteiger partial charge in [-0.2, -0.15) is 0 Å². The fourth-order valence-corrected chi connectivity index (χ4v) is 3.99. The summed E-state index contributed by atoms with van der Waals surface area (Å²) in [7, 11) is -1.38. The van der Waals surface area contributed by atoms with Crippen molar-refractivity contribution in [2.45, 2.75) is 58.6 Å². The number of Topliss-reactive ketones (excluding diaryl/α,β-unsaturated/α-hetero) is 1. The van der Waals surface area contributed by atoms with Gasteiger partial charge in [-0.3, -0.25) is 19.1 Å². The predicted octanol–water partition coefficient (Wildman–Crippen LogP) is 4.15. The van der Waals surface area contributed by atoms with Crippen LogP contribution in [0, 0.1) is 21.3 Å². The Morgan fingerprint density at radius 3 is 2.12 bits per heavy atom. The number of halogens is 1. The van der Waals surface area contributed by atoms with Crippen molar-refractivity contribution in [3.05, 3.63) is 39.7 Å². The molecule has 140 valence electrons. The minimum atomic E-state index is -1.38. The second-order valence-electron chi connectivity index (χ2n) is 8.04. The van der Waals surface area contributed by atoms with Gasteiger partial charge in [0.25, 0.3) is 5.69 Å². The molecule has 0 spiro atoms. The number of nitrogens with zero attached hydrogens (tertiary/aromatic N) is 1. The number of rotatable bonds is 6. The zero-order valence-corrected chi connectivity index (χ0v) is 16.6. The lowest BCUT2D eigenvalue weighted by molar-refractivity contribution is -0.385. The molecule has 0 aliphatic heterocycles. The van der Waals surface area contributed by atoms with E-state index < -0.39 is 37.1 Å². The van der Waals surface area contributed by atoms with E-state index in [1.165, 1.54) is 6.92 Å². The molecule has 5 nitrogen and oxygen atoms in total. The van der Waals surface area contributed by atoms with Crippen LogP contribution in [0.3, 0.4) is 0 Å². The van der Waals surface area contributed by atoms with Crippen molar-refractivity contribution in [1.82, 2.24) is 0 Å². The number of hydrogen-bond donors (Lipinski definition) is 0. The molecule has 0 heterocycles. The molecular weight excluding hydrogens is 345 g/mol. The molecule has 0 aliphatic carbocycles. The van der Waals surface area contributed by atoms with E-state index in [1.54, 1.807) is 41.5 Å². The van der Waals surface area contributed by atoms with E-state index in [0.29, 0.717) is 0 Å². The Bertz CT molecular complexity index is 724. The number of ketones is 1. The van der Waals surface area contributed by atoms with Crippen LogP contribution in [-0.2, 0) is 21.0 Å². The normalized spacial score (nSPS) is 16.2. The first-order chi connectivity index (χ1) is 11.1. The van der Waals surface area contributed by atoms with E-state index in [9.17, 15) is 23.5 Å². The molecule has 0 N–H and O–H groups in total. The van der Waals surface area contributed by atoms with Gasteiger partial charge >= 0.3 is 0 Å². The summed E-state index contributed by atoms with van der Waals surface area (Å²) in [6, 6.07) is 3.27. The van der Waals surface area contributed by atoms with Crippen LogP contribution in [0.4, 0.5) is 10.1 Å². The SMILES string of the molecule is CC(=O)C(C)(C)[C@](C)(C[S@@](=O)C(C)(C)C)c1cc([N+](=O)[O-])ccc1F. The van der Waals surface area contributed by atoms with Crippen LogP contribution in [0.15, 0.2) is 18.2 Å². The minimum Gasteiger partial charge on any atom is -0.299 e. The highest BCUT2D eigenvalue weighted by atomic mass is 32.2. The third-order valence-electron chi connectivity index (χ3n) is 5.12. The lowest BCUT2D eigenvalue weighted by atomic mass is 9.62. The average molecular weight is 371 g/mol. The van der Waals surface area contributed by atoms with Crippen LogP contribution in [0.25, 0.3) is 0 Å². The largest absolute Gasteiger partial charge is 0.299 e. The molecule has 7 heteroatoms. The molecule has 0 bridgehead atoms. The van der Waals surface area contributed by atoms with Gasteiger partial charge in [0, 0.05) is 49.8 Å². The molecule has 1 aromatic carbocycles. The lowest BCUT2D eigenvalue weighted by Crippen LogP contribution is -2.50. The van der Waals surface area contributed by atoms with Crippen molar-refractivity contribution < 1.29 is 18.3 Å². The number of nitro benzene ring substituents is 1. The van der Waals surface area contributed by atoms with Gasteiger partial charge in [0.1, 0.15) is 11.6 Å². The topological polar surface area (TPSA) is 77.3 Å². The Kier molecular flexibility index (Phi) is 5.94. The van der Waals surface area contributed by atoms with Gasteiger partial charge in [-0.15, -0.1) is 0 Å². The molecular formula is C18H26FNO4S. The third kappa shape index (κ3) is 4.14. The first-order valence-electron chi connectivity index (χ1n) is 7.98. The number of non-ortho nitro benzene ring substituents is 1. The Labute approximate surface area is 150 Å². The number of carbonyl (C=O) groups is 1. The second-order valence-corrected chi connectivity index (χ2v) is 10.2. The van der Waals surface area contributed by atoms with Gasteiger partial charge < -0.3 is 0 Å². The van der Waals surface area contributed by atoms with E-state index in [-0.39, 0.29) is 22.8 Å². The summed E-state index contributed by atoms with van der Waals surface area (Å²) in [5, 5.41) is 11.1. The van der Waals surface area contributed by atoms with E-state index in [1.807, 2.05) is 0 Å². The van der Waals surface area contributed by atoms with Crippen LogP contribution in [0.5, 0.6) is 0 Å². The molecule has 0 aliphatic rings. The summed E-state index contributed by atoms with van der Waals surface area (Å²) in [5.74, 6) is -0.832. The smallest absolute Gasteiger partial charge is 0.269 e. The highest BCUT2D eigenvalue weighted by molar-refractivity contribution is 7.86. The maximum atomic E-state index is 14.6. The van der Waals surface area contributed by atoms with Crippen molar-refractivity contribution in [3.8, 4) is 0 Å². The summed E-state index contributed by atoms with van der Waals surface area (Å²) in [4.78, 5) is 22.8. The van der Waals surface area contributed by atoms with E-state index in [2.05, 4.69) is 0 Å². The number of benzene rings is 1. The Morgan fingerprint density at radius 2 is 1.72 bits per heavy atom. The molecule has 0 saturated heterocycles. The highest BCUT2D eigenvalue weighted by Crippen LogP contribution is 2.45. The molecule has 0 saturated carbocycles. The Morgan fingerprint density at radius 1 is 1.20 bits per heavy atom. The summed E-state index contributed by atoms with van der Waals surface area (Å²) in [6.45, 7) is 11.8. The van der Waals surface area contributed by atoms with Crippen LogP contribution in [-0.4, -0.2) is 25.4 Å². The molecule has 0 unspecified atom stereocenters.